The number of hydrogen-bond donors (Lipinski definition) is 1. The van der Waals surface area contributed by atoms with Crippen LogP contribution in [0.2, 0.25) is 5.02 Å². The molecule has 94 valence electrons. The number of nitrogens with zero attached hydrogens (tertiary/aromatic N) is 1. The van der Waals surface area contributed by atoms with Gasteiger partial charge in [-0.3, -0.25) is 4.98 Å². The summed E-state index contributed by atoms with van der Waals surface area (Å²) in [6, 6.07) is 6.15. The number of aromatic hydroxyl groups is 1. The molecule has 6 heteroatoms. The number of hydrogen-bond acceptors (Lipinski definition) is 2. The van der Waals surface area contributed by atoms with Crippen molar-refractivity contribution < 1.29 is 18.3 Å². The molecule has 0 saturated heterocycles. The van der Waals surface area contributed by atoms with E-state index in [9.17, 15) is 13.2 Å². The maximum Gasteiger partial charge on any atom is 0.417 e. The van der Waals surface area contributed by atoms with E-state index in [2.05, 4.69) is 4.98 Å². The third-order valence-corrected chi connectivity index (χ3v) is 2.60. The molecule has 2 aromatic rings. The third kappa shape index (κ3) is 2.41. The molecule has 0 saturated carbocycles. The molecular formula is C12H7ClF3NO. The summed E-state index contributed by atoms with van der Waals surface area (Å²) >= 11 is 5.80. The highest BCUT2D eigenvalue weighted by Crippen LogP contribution is 2.38. The average Bonchev–Trinajstić information content (AvgIpc) is 2.28. The van der Waals surface area contributed by atoms with Crippen molar-refractivity contribution in [2.75, 3.05) is 0 Å². The Balaban J connectivity index is 2.64. The molecule has 2 nitrogen and oxygen atoms in total. The minimum Gasteiger partial charge on any atom is -0.506 e. The van der Waals surface area contributed by atoms with Crippen molar-refractivity contribution in [1.29, 1.82) is 0 Å². The summed E-state index contributed by atoms with van der Waals surface area (Å²) < 4.78 is 38.5. The number of pyridine rings is 1. The Labute approximate surface area is 106 Å². The molecule has 0 unspecified atom stereocenters. The highest BCUT2D eigenvalue weighted by atomic mass is 35.5. The molecule has 1 N–H and O–H groups in total. The van der Waals surface area contributed by atoms with Crippen LogP contribution in [-0.2, 0) is 6.18 Å². The maximum atomic E-state index is 12.8. The van der Waals surface area contributed by atoms with Crippen LogP contribution in [-0.4, -0.2) is 10.1 Å². The second-order valence-corrected chi connectivity index (χ2v) is 3.97. The molecule has 1 heterocycles. The Bertz CT molecular complexity index is 584. The lowest BCUT2D eigenvalue weighted by atomic mass is 10.0. The van der Waals surface area contributed by atoms with E-state index in [1.807, 2.05) is 0 Å². The fourth-order valence-electron chi connectivity index (χ4n) is 1.56. The number of rotatable bonds is 1. The van der Waals surface area contributed by atoms with E-state index in [1.165, 1.54) is 18.2 Å². The Morgan fingerprint density at radius 3 is 2.44 bits per heavy atom. The second kappa shape index (κ2) is 4.49. The van der Waals surface area contributed by atoms with Crippen molar-refractivity contribution >= 4 is 11.6 Å². The Kier molecular flexibility index (Phi) is 3.17. The molecule has 1 aromatic carbocycles. The van der Waals surface area contributed by atoms with Gasteiger partial charge in [-0.05, 0) is 6.07 Å². The van der Waals surface area contributed by atoms with Crippen molar-refractivity contribution in [1.82, 2.24) is 4.98 Å². The first-order chi connectivity index (χ1) is 8.39. The normalized spacial score (nSPS) is 11.6. The standard InChI is InChI=1S/C12H7ClF3NO/c13-10-5-7(18)6-17-11(10)8-3-1-2-4-9(8)12(14,15)16/h1-6,18H. The summed E-state index contributed by atoms with van der Waals surface area (Å²) in [6.45, 7) is 0. The molecule has 18 heavy (non-hydrogen) atoms. The summed E-state index contributed by atoms with van der Waals surface area (Å²) in [5.74, 6) is -0.201. The van der Waals surface area contributed by atoms with E-state index >= 15 is 0 Å². The highest BCUT2D eigenvalue weighted by molar-refractivity contribution is 6.33. The first-order valence-electron chi connectivity index (χ1n) is 4.90. The molecule has 2 rings (SSSR count). The van der Waals surface area contributed by atoms with Gasteiger partial charge >= 0.3 is 6.18 Å². The maximum absolute atomic E-state index is 12.8. The van der Waals surface area contributed by atoms with Gasteiger partial charge in [-0.2, -0.15) is 13.2 Å². The van der Waals surface area contributed by atoms with Gasteiger partial charge in [-0.15, -0.1) is 0 Å². The van der Waals surface area contributed by atoms with Crippen LogP contribution in [0, 0.1) is 0 Å². The smallest absolute Gasteiger partial charge is 0.417 e. The van der Waals surface area contributed by atoms with Crippen molar-refractivity contribution in [3.05, 3.63) is 47.1 Å². The number of alkyl halides is 3. The molecule has 0 aliphatic rings. The van der Waals surface area contributed by atoms with Crippen LogP contribution in [0.25, 0.3) is 11.3 Å². The minimum absolute atomic E-state index is 0.0117. The number of halogens is 4. The molecule has 0 aliphatic heterocycles. The van der Waals surface area contributed by atoms with Gasteiger partial charge in [0, 0.05) is 11.6 Å². The van der Waals surface area contributed by atoms with Crippen LogP contribution < -0.4 is 0 Å². The minimum atomic E-state index is -4.49. The van der Waals surface area contributed by atoms with Gasteiger partial charge in [0.15, 0.2) is 0 Å². The zero-order valence-electron chi connectivity index (χ0n) is 8.87. The number of aromatic nitrogens is 1. The predicted octanol–water partition coefficient (Wildman–Crippen LogP) is 4.13. The summed E-state index contributed by atoms with van der Waals surface area (Å²) in [5, 5.41) is 9.11. The monoisotopic (exact) mass is 273 g/mol. The van der Waals surface area contributed by atoms with Crippen LogP contribution >= 0.6 is 11.6 Å². The van der Waals surface area contributed by atoms with Crippen molar-refractivity contribution in [2.24, 2.45) is 0 Å². The zero-order chi connectivity index (χ0) is 13.3. The summed E-state index contributed by atoms with van der Waals surface area (Å²) in [4.78, 5) is 3.74. The molecule has 0 radical (unpaired) electrons. The van der Waals surface area contributed by atoms with Gasteiger partial charge in [0.2, 0.25) is 0 Å². The molecule has 0 fully saturated rings. The lowest BCUT2D eigenvalue weighted by Crippen LogP contribution is -2.07. The van der Waals surface area contributed by atoms with E-state index in [4.69, 9.17) is 16.7 Å². The fraction of sp³-hybridized carbons (Fsp3) is 0.0833. The van der Waals surface area contributed by atoms with E-state index in [0.717, 1.165) is 18.3 Å². The van der Waals surface area contributed by atoms with Crippen molar-refractivity contribution in [3.63, 3.8) is 0 Å². The molecular weight excluding hydrogens is 267 g/mol. The van der Waals surface area contributed by atoms with E-state index in [-0.39, 0.29) is 22.0 Å². The van der Waals surface area contributed by atoms with Gasteiger partial charge in [-0.1, -0.05) is 29.8 Å². The largest absolute Gasteiger partial charge is 0.506 e. The fourth-order valence-corrected chi connectivity index (χ4v) is 1.83. The summed E-state index contributed by atoms with van der Waals surface area (Å²) in [5.41, 5.74) is -0.942. The lowest BCUT2D eigenvalue weighted by molar-refractivity contribution is -0.137. The van der Waals surface area contributed by atoms with Crippen molar-refractivity contribution in [3.8, 4) is 17.0 Å². The summed E-state index contributed by atoms with van der Waals surface area (Å²) in [6.07, 6.45) is -3.44. The van der Waals surface area contributed by atoms with E-state index in [0.29, 0.717) is 0 Å². The van der Waals surface area contributed by atoms with Gasteiger partial charge in [-0.25, -0.2) is 0 Å². The molecule has 0 atom stereocenters. The van der Waals surface area contributed by atoms with Gasteiger partial charge < -0.3 is 5.11 Å². The Morgan fingerprint density at radius 1 is 1.17 bits per heavy atom. The van der Waals surface area contributed by atoms with Crippen LogP contribution in [0.4, 0.5) is 13.2 Å². The summed E-state index contributed by atoms with van der Waals surface area (Å²) in [7, 11) is 0. The molecule has 0 aliphatic carbocycles. The van der Waals surface area contributed by atoms with Crippen LogP contribution in [0.5, 0.6) is 5.75 Å². The third-order valence-electron chi connectivity index (χ3n) is 2.31. The molecule has 0 bridgehead atoms. The quantitative estimate of drug-likeness (QED) is 0.847. The molecule has 0 spiro atoms. The number of benzene rings is 1. The topological polar surface area (TPSA) is 33.1 Å². The zero-order valence-corrected chi connectivity index (χ0v) is 9.63. The SMILES string of the molecule is Oc1cnc(-c2ccccc2C(F)(F)F)c(Cl)c1. The predicted molar refractivity (Wildman–Crippen MR) is 61.3 cm³/mol. The van der Waals surface area contributed by atoms with Gasteiger partial charge in [0.1, 0.15) is 5.75 Å². The van der Waals surface area contributed by atoms with Gasteiger partial charge in [0.05, 0.1) is 22.5 Å². The van der Waals surface area contributed by atoms with Gasteiger partial charge in [0.25, 0.3) is 0 Å². The second-order valence-electron chi connectivity index (χ2n) is 3.57. The van der Waals surface area contributed by atoms with E-state index < -0.39 is 11.7 Å². The van der Waals surface area contributed by atoms with Crippen LogP contribution in [0.15, 0.2) is 36.5 Å². The Hall–Kier alpha value is -1.75. The van der Waals surface area contributed by atoms with Crippen LogP contribution in [0.1, 0.15) is 5.56 Å². The van der Waals surface area contributed by atoms with E-state index in [1.54, 1.807) is 0 Å². The van der Waals surface area contributed by atoms with Crippen LogP contribution in [0.3, 0.4) is 0 Å². The molecule has 0 amide bonds. The van der Waals surface area contributed by atoms with Crippen molar-refractivity contribution in [2.45, 2.75) is 6.18 Å². The first-order valence-corrected chi connectivity index (χ1v) is 5.28. The first kappa shape index (κ1) is 12.7. The lowest BCUT2D eigenvalue weighted by Gasteiger charge is -2.12. The molecule has 1 aromatic heterocycles. The average molecular weight is 274 g/mol. The Morgan fingerprint density at radius 2 is 1.83 bits per heavy atom. The highest BCUT2D eigenvalue weighted by Gasteiger charge is 2.34.